The number of halogens is 2. The van der Waals surface area contributed by atoms with Gasteiger partial charge in [0.1, 0.15) is 0 Å². The van der Waals surface area contributed by atoms with Crippen LogP contribution in [0.25, 0.3) is 0 Å². The van der Waals surface area contributed by atoms with Crippen LogP contribution < -0.4 is 5.73 Å². The Hall–Kier alpha value is -0.280. The van der Waals surface area contributed by atoms with Gasteiger partial charge in [-0.15, -0.1) is 0 Å². The van der Waals surface area contributed by atoms with Gasteiger partial charge in [-0.05, 0) is 44.0 Å². The average Bonchev–Trinajstić information content (AvgIpc) is 2.71. The fourth-order valence-electron chi connectivity index (χ4n) is 2.60. The number of hydrogen-bond acceptors (Lipinski definition) is 2. The second-order valence-corrected chi connectivity index (χ2v) is 5.47. The Morgan fingerprint density at radius 3 is 2.71 bits per heavy atom. The van der Waals surface area contributed by atoms with Crippen LogP contribution in [0, 0.1) is 0 Å². The van der Waals surface area contributed by atoms with Crippen molar-refractivity contribution in [3.63, 3.8) is 0 Å². The van der Waals surface area contributed by atoms with Crippen molar-refractivity contribution in [3.05, 3.63) is 33.8 Å². The maximum atomic E-state index is 6.07. The van der Waals surface area contributed by atoms with Gasteiger partial charge in [-0.1, -0.05) is 29.3 Å². The van der Waals surface area contributed by atoms with Gasteiger partial charge in [0, 0.05) is 18.6 Å². The average molecular weight is 273 g/mol. The predicted octanol–water partition coefficient (Wildman–Crippen LogP) is 3.48. The maximum absolute atomic E-state index is 6.07. The van der Waals surface area contributed by atoms with Gasteiger partial charge < -0.3 is 5.73 Å². The molecular formula is C13H18Cl2N2. The number of rotatable bonds is 3. The van der Waals surface area contributed by atoms with Gasteiger partial charge in [0.15, 0.2) is 0 Å². The standard InChI is InChI=1S/C13H18Cl2N2/c1-9-3-2-6-17(9)13(8-16)10-4-5-11(14)12(15)7-10/h4-5,7,9,13H,2-3,6,8,16H2,1H3. The predicted molar refractivity (Wildman–Crippen MR) is 73.7 cm³/mol. The molecule has 2 N–H and O–H groups in total. The van der Waals surface area contributed by atoms with Crippen molar-refractivity contribution in [2.24, 2.45) is 5.73 Å². The van der Waals surface area contributed by atoms with Gasteiger partial charge in [-0.25, -0.2) is 0 Å². The van der Waals surface area contributed by atoms with Crippen LogP contribution in [0.4, 0.5) is 0 Å². The van der Waals surface area contributed by atoms with Crippen molar-refractivity contribution in [2.45, 2.75) is 31.8 Å². The lowest BCUT2D eigenvalue weighted by molar-refractivity contribution is 0.195. The van der Waals surface area contributed by atoms with Crippen LogP contribution >= 0.6 is 23.2 Å². The third kappa shape index (κ3) is 2.76. The van der Waals surface area contributed by atoms with E-state index in [-0.39, 0.29) is 6.04 Å². The van der Waals surface area contributed by atoms with E-state index in [0.29, 0.717) is 22.6 Å². The molecule has 0 amide bonds. The van der Waals surface area contributed by atoms with Crippen molar-refractivity contribution in [3.8, 4) is 0 Å². The van der Waals surface area contributed by atoms with Crippen LogP contribution in [0.2, 0.25) is 10.0 Å². The quantitative estimate of drug-likeness (QED) is 0.913. The molecule has 1 aliphatic rings. The molecule has 1 heterocycles. The Morgan fingerprint density at radius 1 is 1.41 bits per heavy atom. The number of nitrogens with zero attached hydrogens (tertiary/aromatic N) is 1. The molecule has 0 aromatic heterocycles. The highest BCUT2D eigenvalue weighted by Crippen LogP contribution is 2.31. The molecular weight excluding hydrogens is 255 g/mol. The topological polar surface area (TPSA) is 29.3 Å². The molecule has 0 aliphatic carbocycles. The lowest BCUT2D eigenvalue weighted by Gasteiger charge is -2.31. The molecule has 1 aromatic carbocycles. The SMILES string of the molecule is CC1CCCN1C(CN)c1ccc(Cl)c(Cl)c1. The van der Waals surface area contributed by atoms with E-state index >= 15 is 0 Å². The molecule has 0 saturated carbocycles. The smallest absolute Gasteiger partial charge is 0.0595 e. The van der Waals surface area contributed by atoms with E-state index in [0.717, 1.165) is 12.1 Å². The lowest BCUT2D eigenvalue weighted by Crippen LogP contribution is -2.35. The van der Waals surface area contributed by atoms with E-state index in [2.05, 4.69) is 11.8 Å². The lowest BCUT2D eigenvalue weighted by atomic mass is 10.0. The largest absolute Gasteiger partial charge is 0.329 e. The van der Waals surface area contributed by atoms with Crippen LogP contribution in [-0.2, 0) is 0 Å². The molecule has 0 radical (unpaired) electrons. The zero-order valence-electron chi connectivity index (χ0n) is 10.00. The van der Waals surface area contributed by atoms with E-state index in [1.54, 1.807) is 0 Å². The van der Waals surface area contributed by atoms with Gasteiger partial charge in [0.05, 0.1) is 10.0 Å². The highest BCUT2D eigenvalue weighted by molar-refractivity contribution is 6.42. The summed E-state index contributed by atoms with van der Waals surface area (Å²) < 4.78 is 0. The molecule has 1 saturated heterocycles. The minimum atomic E-state index is 0.252. The second-order valence-electron chi connectivity index (χ2n) is 4.65. The molecule has 0 spiro atoms. The Morgan fingerprint density at radius 2 is 2.18 bits per heavy atom. The van der Waals surface area contributed by atoms with Gasteiger partial charge in [0.25, 0.3) is 0 Å². The number of nitrogens with two attached hydrogens (primary N) is 1. The van der Waals surface area contributed by atoms with E-state index < -0.39 is 0 Å². The summed E-state index contributed by atoms with van der Waals surface area (Å²) in [6, 6.07) is 6.66. The summed E-state index contributed by atoms with van der Waals surface area (Å²) >= 11 is 12.0. The molecule has 2 nitrogen and oxygen atoms in total. The summed E-state index contributed by atoms with van der Waals surface area (Å²) in [6.07, 6.45) is 2.50. The molecule has 4 heteroatoms. The summed E-state index contributed by atoms with van der Waals surface area (Å²) in [7, 11) is 0. The van der Waals surface area contributed by atoms with E-state index in [4.69, 9.17) is 28.9 Å². The molecule has 1 aliphatic heterocycles. The molecule has 1 fully saturated rings. The third-order valence-corrected chi connectivity index (χ3v) is 4.30. The fraction of sp³-hybridized carbons (Fsp3) is 0.538. The van der Waals surface area contributed by atoms with Crippen LogP contribution in [0.15, 0.2) is 18.2 Å². The number of likely N-dealkylation sites (tertiary alicyclic amines) is 1. The van der Waals surface area contributed by atoms with Crippen LogP contribution in [0.3, 0.4) is 0 Å². The number of hydrogen-bond donors (Lipinski definition) is 1. The first-order valence-electron chi connectivity index (χ1n) is 6.04. The maximum Gasteiger partial charge on any atom is 0.0595 e. The van der Waals surface area contributed by atoms with Gasteiger partial charge in [-0.3, -0.25) is 4.90 Å². The molecule has 1 aromatic rings. The highest BCUT2D eigenvalue weighted by Gasteiger charge is 2.28. The number of benzene rings is 1. The summed E-state index contributed by atoms with van der Waals surface area (Å²) in [5, 5.41) is 1.20. The first-order chi connectivity index (χ1) is 8.13. The summed E-state index contributed by atoms with van der Waals surface area (Å²) in [4.78, 5) is 2.46. The van der Waals surface area contributed by atoms with Crippen molar-refractivity contribution in [1.29, 1.82) is 0 Å². The van der Waals surface area contributed by atoms with Crippen molar-refractivity contribution in [2.75, 3.05) is 13.1 Å². The van der Waals surface area contributed by atoms with Crippen LogP contribution in [-0.4, -0.2) is 24.0 Å². The second kappa shape index (κ2) is 5.57. The summed E-state index contributed by atoms with van der Waals surface area (Å²) in [6.45, 7) is 3.98. The molecule has 2 unspecified atom stereocenters. The molecule has 17 heavy (non-hydrogen) atoms. The zero-order valence-corrected chi connectivity index (χ0v) is 11.5. The molecule has 94 valence electrons. The summed E-state index contributed by atoms with van der Waals surface area (Å²) in [5.41, 5.74) is 7.08. The Bertz CT molecular complexity index is 395. The van der Waals surface area contributed by atoms with Gasteiger partial charge in [0.2, 0.25) is 0 Å². The molecule has 0 bridgehead atoms. The Labute approximate surface area is 113 Å². The molecule has 2 rings (SSSR count). The van der Waals surface area contributed by atoms with Crippen molar-refractivity contribution >= 4 is 23.2 Å². The van der Waals surface area contributed by atoms with Gasteiger partial charge >= 0.3 is 0 Å². The van der Waals surface area contributed by atoms with Crippen LogP contribution in [0.5, 0.6) is 0 Å². The van der Waals surface area contributed by atoms with Gasteiger partial charge in [-0.2, -0.15) is 0 Å². The third-order valence-electron chi connectivity index (χ3n) is 3.56. The van der Waals surface area contributed by atoms with E-state index in [9.17, 15) is 0 Å². The normalized spacial score (nSPS) is 22.9. The van der Waals surface area contributed by atoms with Crippen molar-refractivity contribution < 1.29 is 0 Å². The van der Waals surface area contributed by atoms with E-state index in [1.165, 1.54) is 12.8 Å². The van der Waals surface area contributed by atoms with E-state index in [1.807, 2.05) is 18.2 Å². The minimum Gasteiger partial charge on any atom is -0.329 e. The molecule has 2 atom stereocenters. The first-order valence-corrected chi connectivity index (χ1v) is 6.80. The van der Waals surface area contributed by atoms with Crippen LogP contribution in [0.1, 0.15) is 31.4 Å². The monoisotopic (exact) mass is 272 g/mol. The summed E-state index contributed by atoms with van der Waals surface area (Å²) in [5.74, 6) is 0. The van der Waals surface area contributed by atoms with Crippen molar-refractivity contribution in [1.82, 2.24) is 4.90 Å². The zero-order chi connectivity index (χ0) is 12.4. The fourth-order valence-corrected chi connectivity index (χ4v) is 2.91. The minimum absolute atomic E-state index is 0.252. The first kappa shape index (κ1) is 13.2. The Balaban J connectivity index is 2.25. The Kier molecular flexibility index (Phi) is 4.31. The highest BCUT2D eigenvalue weighted by atomic mass is 35.5.